The molecule has 1 atom stereocenters. The molecule has 0 saturated carbocycles. The average Bonchev–Trinajstić information content (AvgIpc) is 2.48. The summed E-state index contributed by atoms with van der Waals surface area (Å²) in [5.41, 5.74) is 1.44. The summed E-state index contributed by atoms with van der Waals surface area (Å²) in [4.78, 5) is 26.8. The number of fused-ring (bicyclic) bond motifs is 1. The van der Waals surface area contributed by atoms with Gasteiger partial charge < -0.3 is 20.2 Å². The molecule has 8 nitrogen and oxygen atoms in total. The van der Waals surface area contributed by atoms with Gasteiger partial charge in [-0.25, -0.2) is 0 Å². The molecule has 132 valence electrons. The lowest BCUT2D eigenvalue weighted by atomic mass is 10.0. The number of ether oxygens (including phenoxy) is 1. The third-order valence-corrected chi connectivity index (χ3v) is 3.53. The third-order valence-electron chi connectivity index (χ3n) is 3.53. The zero-order valence-electron chi connectivity index (χ0n) is 14.1. The average molecular weight is 337 g/mol. The molecule has 1 aromatic rings. The zero-order chi connectivity index (χ0) is 17.7. The molecule has 0 saturated heterocycles. The van der Waals surface area contributed by atoms with Crippen molar-refractivity contribution in [1.82, 2.24) is 5.32 Å². The maximum absolute atomic E-state index is 11.4. The van der Waals surface area contributed by atoms with Gasteiger partial charge in [0.2, 0.25) is 5.91 Å². The second-order valence-electron chi connectivity index (χ2n) is 6.72. The summed E-state index contributed by atoms with van der Waals surface area (Å²) in [5.74, 6) is 0.587. The van der Waals surface area contributed by atoms with E-state index in [1.54, 1.807) is 12.1 Å². The predicted molar refractivity (Wildman–Crippen MR) is 88.5 cm³/mol. The molecule has 0 aliphatic carbocycles. The molecule has 24 heavy (non-hydrogen) atoms. The van der Waals surface area contributed by atoms with Crippen molar-refractivity contribution in [3.05, 3.63) is 33.9 Å². The molecule has 1 aromatic carbocycles. The number of carbonyl (C=O) groups is 1. The first-order valence-electron chi connectivity index (χ1n) is 7.85. The van der Waals surface area contributed by atoms with E-state index in [1.807, 2.05) is 26.8 Å². The van der Waals surface area contributed by atoms with Gasteiger partial charge in [-0.1, -0.05) is 6.07 Å². The first kappa shape index (κ1) is 18.0. The molecule has 1 aliphatic heterocycles. The second kappa shape index (κ2) is 7.48. The highest BCUT2D eigenvalue weighted by Gasteiger charge is 2.21. The molecule has 1 amide bonds. The van der Waals surface area contributed by atoms with Gasteiger partial charge in [-0.2, -0.15) is 0 Å². The summed E-state index contributed by atoms with van der Waals surface area (Å²) in [5, 5.41) is 15.8. The van der Waals surface area contributed by atoms with Crippen molar-refractivity contribution >= 4 is 11.6 Å². The lowest BCUT2D eigenvalue weighted by molar-refractivity contribution is -0.768. The van der Waals surface area contributed by atoms with Gasteiger partial charge in [-0.3, -0.25) is 4.79 Å². The first-order valence-corrected chi connectivity index (χ1v) is 7.85. The van der Waals surface area contributed by atoms with Gasteiger partial charge in [0, 0.05) is 29.8 Å². The van der Waals surface area contributed by atoms with Gasteiger partial charge in [0.1, 0.15) is 12.4 Å². The van der Waals surface area contributed by atoms with Gasteiger partial charge in [0.05, 0.1) is 0 Å². The van der Waals surface area contributed by atoms with Crippen LogP contribution in [0.3, 0.4) is 0 Å². The Labute approximate surface area is 140 Å². The topological polar surface area (TPSA) is 103 Å². The van der Waals surface area contributed by atoms with E-state index in [0.29, 0.717) is 18.6 Å². The van der Waals surface area contributed by atoms with Gasteiger partial charge in [0.15, 0.2) is 6.10 Å². The molecule has 0 radical (unpaired) electrons. The number of benzene rings is 1. The van der Waals surface area contributed by atoms with E-state index in [1.165, 1.54) is 0 Å². The molecule has 1 unspecified atom stereocenters. The van der Waals surface area contributed by atoms with Crippen LogP contribution in [0.5, 0.6) is 5.75 Å². The summed E-state index contributed by atoms with van der Waals surface area (Å²) in [6.45, 7) is 6.22. The number of carbonyl (C=O) groups excluding carboxylic acids is 1. The first-order chi connectivity index (χ1) is 11.2. The van der Waals surface area contributed by atoms with E-state index in [0.717, 1.165) is 11.3 Å². The lowest BCUT2D eigenvalue weighted by Gasteiger charge is -2.25. The van der Waals surface area contributed by atoms with Crippen LogP contribution in [0.4, 0.5) is 5.69 Å². The zero-order valence-corrected chi connectivity index (χ0v) is 14.1. The highest BCUT2D eigenvalue weighted by atomic mass is 17.0. The van der Waals surface area contributed by atoms with Crippen LogP contribution in [0.25, 0.3) is 0 Å². The molecule has 1 heterocycles. The Hall–Kier alpha value is -2.35. The number of rotatable bonds is 7. The van der Waals surface area contributed by atoms with Crippen molar-refractivity contribution in [3.8, 4) is 5.75 Å². The van der Waals surface area contributed by atoms with E-state index in [9.17, 15) is 14.9 Å². The molecule has 0 bridgehead atoms. The van der Waals surface area contributed by atoms with Crippen LogP contribution in [0, 0.1) is 10.1 Å². The number of amides is 1. The Balaban J connectivity index is 2.02. The van der Waals surface area contributed by atoms with Crippen LogP contribution in [-0.4, -0.2) is 35.8 Å². The molecule has 8 heteroatoms. The fourth-order valence-corrected chi connectivity index (χ4v) is 2.38. The fraction of sp³-hybridized carbons (Fsp3) is 0.562. The monoisotopic (exact) mass is 337 g/mol. The summed E-state index contributed by atoms with van der Waals surface area (Å²) in [7, 11) is 0. The Morgan fingerprint density at radius 3 is 2.79 bits per heavy atom. The summed E-state index contributed by atoms with van der Waals surface area (Å²) < 4.78 is 5.75. The van der Waals surface area contributed by atoms with Crippen LogP contribution in [0.1, 0.15) is 32.8 Å². The van der Waals surface area contributed by atoms with E-state index < -0.39 is 11.2 Å². The Kier molecular flexibility index (Phi) is 5.61. The van der Waals surface area contributed by atoms with Crippen molar-refractivity contribution in [2.75, 3.05) is 18.5 Å². The molecule has 0 fully saturated rings. The van der Waals surface area contributed by atoms with Crippen molar-refractivity contribution in [2.24, 2.45) is 0 Å². The molecule has 2 rings (SSSR count). The van der Waals surface area contributed by atoms with Crippen molar-refractivity contribution in [3.63, 3.8) is 0 Å². The van der Waals surface area contributed by atoms with E-state index in [2.05, 4.69) is 10.6 Å². The molecular weight excluding hydrogens is 314 g/mol. The van der Waals surface area contributed by atoms with Crippen LogP contribution in [0.2, 0.25) is 0 Å². The van der Waals surface area contributed by atoms with Crippen LogP contribution in [-0.2, 0) is 16.1 Å². The molecule has 2 N–H and O–H groups in total. The van der Waals surface area contributed by atoms with Gasteiger partial charge in [0.25, 0.3) is 5.09 Å². The standard InChI is InChI=1S/C16H23N3O5/c1-16(2,3)17-9-11(24-19(21)22)10-23-14-6-4-5-13-12(14)7-8-15(20)18-13/h4-6,11,17H,7-10H2,1-3H3,(H,18,20). The highest BCUT2D eigenvalue weighted by molar-refractivity contribution is 5.94. The van der Waals surface area contributed by atoms with Gasteiger partial charge >= 0.3 is 0 Å². The third kappa shape index (κ3) is 5.38. The number of nitrogens with zero attached hydrogens (tertiary/aromatic N) is 1. The second-order valence-corrected chi connectivity index (χ2v) is 6.72. The molecule has 1 aliphatic rings. The van der Waals surface area contributed by atoms with E-state index in [-0.39, 0.29) is 24.6 Å². The summed E-state index contributed by atoms with van der Waals surface area (Å²) in [6, 6.07) is 5.37. The van der Waals surface area contributed by atoms with Crippen LogP contribution in [0.15, 0.2) is 18.2 Å². The normalized spacial score (nSPS) is 15.2. The molecular formula is C16H23N3O5. The van der Waals surface area contributed by atoms with Crippen molar-refractivity contribution < 1.29 is 19.5 Å². The Morgan fingerprint density at radius 2 is 2.12 bits per heavy atom. The fourth-order valence-electron chi connectivity index (χ4n) is 2.38. The van der Waals surface area contributed by atoms with Crippen LogP contribution < -0.4 is 15.4 Å². The number of anilines is 1. The van der Waals surface area contributed by atoms with Crippen LogP contribution >= 0.6 is 0 Å². The van der Waals surface area contributed by atoms with E-state index in [4.69, 9.17) is 9.57 Å². The SMILES string of the molecule is CC(C)(C)NCC(COc1cccc2c1CCC(=O)N2)O[N+](=O)[O-]. The quantitative estimate of drug-likeness (QED) is 0.582. The smallest absolute Gasteiger partial charge is 0.294 e. The van der Waals surface area contributed by atoms with Crippen molar-refractivity contribution in [2.45, 2.75) is 45.3 Å². The Bertz CT molecular complexity index is 612. The molecule has 0 aromatic heterocycles. The minimum absolute atomic E-state index is 0.0245. The predicted octanol–water partition coefficient (Wildman–Crippen LogP) is 1.92. The number of nitrogens with one attached hydrogen (secondary N) is 2. The van der Waals surface area contributed by atoms with E-state index >= 15 is 0 Å². The van der Waals surface area contributed by atoms with Gasteiger partial charge in [-0.15, -0.1) is 10.1 Å². The maximum Gasteiger partial charge on any atom is 0.294 e. The maximum atomic E-state index is 11.4. The molecule has 0 spiro atoms. The van der Waals surface area contributed by atoms with Gasteiger partial charge in [-0.05, 0) is 39.3 Å². The Morgan fingerprint density at radius 1 is 1.38 bits per heavy atom. The number of hydrogen-bond acceptors (Lipinski definition) is 6. The highest BCUT2D eigenvalue weighted by Crippen LogP contribution is 2.31. The number of hydrogen-bond donors (Lipinski definition) is 2. The summed E-state index contributed by atoms with van der Waals surface area (Å²) in [6.07, 6.45) is 0.250. The van der Waals surface area contributed by atoms with Crippen molar-refractivity contribution in [1.29, 1.82) is 0 Å². The summed E-state index contributed by atoms with van der Waals surface area (Å²) >= 11 is 0. The largest absolute Gasteiger partial charge is 0.491 e. The lowest BCUT2D eigenvalue weighted by Crippen LogP contribution is -2.44. The minimum atomic E-state index is -0.806. The minimum Gasteiger partial charge on any atom is -0.491 e.